The summed E-state index contributed by atoms with van der Waals surface area (Å²) in [6, 6.07) is 8.72. The van der Waals surface area contributed by atoms with Gasteiger partial charge in [0, 0.05) is 10.8 Å². The van der Waals surface area contributed by atoms with Crippen molar-refractivity contribution < 1.29 is 16.8 Å². The SMILES string of the molecule is [2H]c1c([2H])c([2H])c2c(-c3ccc4oc5ccccc5c4c3)c3c([2H])c([2H])c([2H])c([2H])c3c([2H])c2c1[2H]. The topological polar surface area (TPSA) is 13.1 Å². The van der Waals surface area contributed by atoms with Crippen molar-refractivity contribution in [2.24, 2.45) is 0 Å². The molecule has 0 saturated carbocycles. The summed E-state index contributed by atoms with van der Waals surface area (Å²) in [6.45, 7) is 0. The number of fused-ring (bicyclic) bond motifs is 5. The van der Waals surface area contributed by atoms with E-state index in [0.717, 1.165) is 10.8 Å². The van der Waals surface area contributed by atoms with E-state index < -0.39 is 36.3 Å². The molecule has 0 unspecified atom stereocenters. The Morgan fingerprint density at radius 1 is 0.630 bits per heavy atom. The lowest BCUT2D eigenvalue weighted by Gasteiger charge is -2.12. The molecular weight excluding hydrogens is 328 g/mol. The fourth-order valence-corrected chi connectivity index (χ4v) is 3.61. The number of para-hydroxylation sites is 1. The highest BCUT2D eigenvalue weighted by Gasteiger charge is 2.12. The van der Waals surface area contributed by atoms with Gasteiger partial charge in [0.15, 0.2) is 0 Å². The van der Waals surface area contributed by atoms with Crippen LogP contribution in [0, 0.1) is 0 Å². The van der Waals surface area contributed by atoms with Crippen LogP contribution >= 0.6 is 0 Å². The van der Waals surface area contributed by atoms with E-state index in [1.54, 1.807) is 18.2 Å². The molecule has 27 heavy (non-hydrogen) atoms. The zero-order valence-electron chi connectivity index (χ0n) is 22.9. The van der Waals surface area contributed by atoms with E-state index in [1.165, 1.54) is 0 Å². The fraction of sp³-hybridized carbons (Fsp3) is 0. The standard InChI is InChI=1S/C26H16O/c1-3-9-20-17(7-1)15-18-8-2-4-10-21(18)26(20)19-13-14-25-23(16-19)22-11-5-6-12-24(22)27-25/h1-16H/i1D,2D,3D,4D,7D,8D,9D,10D,15D. The van der Waals surface area contributed by atoms with Crippen molar-refractivity contribution in [2.45, 2.75) is 0 Å². The van der Waals surface area contributed by atoms with Gasteiger partial charge in [0.05, 0.1) is 12.3 Å². The fourth-order valence-electron chi connectivity index (χ4n) is 3.61. The van der Waals surface area contributed by atoms with Crippen LogP contribution in [-0.2, 0) is 0 Å². The molecule has 0 aliphatic carbocycles. The van der Waals surface area contributed by atoms with E-state index in [1.807, 2.05) is 24.3 Å². The predicted octanol–water partition coefficient (Wildman–Crippen LogP) is 7.56. The van der Waals surface area contributed by atoms with Crippen LogP contribution in [0.2, 0.25) is 0 Å². The predicted molar refractivity (Wildman–Crippen MR) is 114 cm³/mol. The Morgan fingerprint density at radius 3 is 2.07 bits per heavy atom. The van der Waals surface area contributed by atoms with Gasteiger partial charge in [-0.15, -0.1) is 0 Å². The smallest absolute Gasteiger partial charge is 0.135 e. The molecule has 0 aliphatic rings. The Hall–Kier alpha value is -3.58. The molecule has 1 nitrogen and oxygen atoms in total. The van der Waals surface area contributed by atoms with Crippen molar-refractivity contribution >= 4 is 43.5 Å². The Kier molecular flexibility index (Phi) is 1.70. The molecule has 1 aromatic heterocycles. The van der Waals surface area contributed by atoms with Crippen molar-refractivity contribution in [2.75, 3.05) is 0 Å². The molecule has 1 heteroatoms. The second kappa shape index (κ2) is 5.46. The molecule has 0 spiro atoms. The molecule has 0 saturated heterocycles. The van der Waals surface area contributed by atoms with Crippen LogP contribution in [0.25, 0.3) is 54.6 Å². The molecule has 5 aromatic carbocycles. The summed E-state index contributed by atoms with van der Waals surface area (Å²) in [5.41, 5.74) is 1.99. The molecule has 0 radical (unpaired) electrons. The third-order valence-corrected chi connectivity index (χ3v) is 4.79. The highest BCUT2D eigenvalue weighted by Crippen LogP contribution is 2.39. The Bertz CT molecular complexity index is 1860. The molecule has 0 atom stereocenters. The molecule has 6 rings (SSSR count). The Labute approximate surface area is 169 Å². The van der Waals surface area contributed by atoms with Gasteiger partial charge in [-0.3, -0.25) is 0 Å². The molecule has 126 valence electrons. The molecule has 0 amide bonds. The normalized spacial score (nSPS) is 16.4. The zero-order valence-corrected chi connectivity index (χ0v) is 13.9. The molecule has 0 aliphatic heterocycles. The third kappa shape index (κ3) is 2.12. The van der Waals surface area contributed by atoms with Crippen LogP contribution in [0.15, 0.2) is 101 Å². The number of furan rings is 1. The first-order valence-electron chi connectivity index (χ1n) is 13.0. The van der Waals surface area contributed by atoms with Crippen LogP contribution in [-0.4, -0.2) is 0 Å². The van der Waals surface area contributed by atoms with Crippen molar-refractivity contribution in [3.63, 3.8) is 0 Å². The largest absolute Gasteiger partial charge is 0.456 e. The van der Waals surface area contributed by atoms with Gasteiger partial charge in [-0.05, 0) is 56.9 Å². The summed E-state index contributed by atoms with van der Waals surface area (Å²) < 4.78 is 82.0. The van der Waals surface area contributed by atoms with Crippen molar-refractivity contribution in [3.8, 4) is 11.1 Å². The summed E-state index contributed by atoms with van der Waals surface area (Å²) in [5, 5.41) is 1.48. The highest BCUT2D eigenvalue weighted by molar-refractivity contribution is 6.14. The van der Waals surface area contributed by atoms with Gasteiger partial charge in [0.2, 0.25) is 0 Å². The van der Waals surface area contributed by atoms with Gasteiger partial charge < -0.3 is 4.42 Å². The molecule has 0 N–H and O–H groups in total. The molecular formula is C26H16O. The molecule has 0 bridgehead atoms. The summed E-state index contributed by atoms with van der Waals surface area (Å²) in [6.07, 6.45) is 0. The quantitative estimate of drug-likeness (QED) is 0.278. The second-order valence-corrected chi connectivity index (χ2v) is 6.31. The Morgan fingerprint density at radius 2 is 1.30 bits per heavy atom. The maximum Gasteiger partial charge on any atom is 0.135 e. The Balaban J connectivity index is 1.93. The monoisotopic (exact) mass is 353 g/mol. The van der Waals surface area contributed by atoms with E-state index in [2.05, 4.69) is 0 Å². The van der Waals surface area contributed by atoms with E-state index in [4.69, 9.17) is 16.8 Å². The summed E-state index contributed by atoms with van der Waals surface area (Å²) in [7, 11) is 0. The summed E-state index contributed by atoms with van der Waals surface area (Å²) in [4.78, 5) is 0. The summed E-state index contributed by atoms with van der Waals surface area (Å²) in [5.74, 6) is 0. The number of benzene rings is 5. The first-order valence-corrected chi connectivity index (χ1v) is 8.47. The maximum atomic E-state index is 8.80. The lowest BCUT2D eigenvalue weighted by atomic mass is 9.91. The van der Waals surface area contributed by atoms with Gasteiger partial charge in [-0.25, -0.2) is 0 Å². The van der Waals surface area contributed by atoms with Gasteiger partial charge in [0.25, 0.3) is 0 Å². The second-order valence-electron chi connectivity index (χ2n) is 6.31. The first-order chi connectivity index (χ1) is 17.1. The molecule has 1 heterocycles. The lowest BCUT2D eigenvalue weighted by Crippen LogP contribution is -1.85. The van der Waals surface area contributed by atoms with Crippen LogP contribution in [0.1, 0.15) is 12.3 Å². The van der Waals surface area contributed by atoms with Crippen molar-refractivity contribution in [1.82, 2.24) is 0 Å². The molecule has 0 fully saturated rings. The van der Waals surface area contributed by atoms with E-state index >= 15 is 0 Å². The number of hydrogen-bond donors (Lipinski definition) is 0. The average Bonchev–Trinajstić information content (AvgIpc) is 3.25. The van der Waals surface area contributed by atoms with Gasteiger partial charge in [-0.2, -0.15) is 0 Å². The van der Waals surface area contributed by atoms with Gasteiger partial charge in [0.1, 0.15) is 11.2 Å². The third-order valence-electron chi connectivity index (χ3n) is 4.79. The van der Waals surface area contributed by atoms with Crippen molar-refractivity contribution in [3.05, 3.63) is 96.8 Å². The van der Waals surface area contributed by atoms with E-state index in [0.29, 0.717) is 16.7 Å². The van der Waals surface area contributed by atoms with E-state index in [9.17, 15) is 0 Å². The van der Waals surface area contributed by atoms with Crippen LogP contribution in [0.4, 0.5) is 0 Å². The van der Waals surface area contributed by atoms with Crippen LogP contribution in [0.3, 0.4) is 0 Å². The van der Waals surface area contributed by atoms with Crippen LogP contribution in [0.5, 0.6) is 0 Å². The maximum absolute atomic E-state index is 8.80. The van der Waals surface area contributed by atoms with Crippen molar-refractivity contribution in [1.29, 1.82) is 0 Å². The highest BCUT2D eigenvalue weighted by atomic mass is 16.3. The first kappa shape index (κ1) is 8.41. The number of rotatable bonds is 1. The zero-order chi connectivity index (χ0) is 25.6. The lowest BCUT2D eigenvalue weighted by molar-refractivity contribution is 0.669. The minimum Gasteiger partial charge on any atom is -0.456 e. The molecule has 6 aromatic rings. The van der Waals surface area contributed by atoms with Crippen LogP contribution < -0.4 is 0 Å². The number of hydrogen-bond acceptors (Lipinski definition) is 1. The van der Waals surface area contributed by atoms with Gasteiger partial charge >= 0.3 is 0 Å². The average molecular weight is 353 g/mol. The minimum atomic E-state index is -0.511. The van der Waals surface area contributed by atoms with E-state index in [-0.39, 0.29) is 45.2 Å². The summed E-state index contributed by atoms with van der Waals surface area (Å²) >= 11 is 0. The van der Waals surface area contributed by atoms with Gasteiger partial charge in [-0.1, -0.05) is 72.6 Å². The minimum absolute atomic E-state index is 0.0377.